The third-order valence-electron chi connectivity index (χ3n) is 4.81. The van der Waals surface area contributed by atoms with Gasteiger partial charge in [0.25, 0.3) is 0 Å². The molecule has 27 heavy (non-hydrogen) atoms. The maximum atomic E-state index is 12.7. The van der Waals surface area contributed by atoms with Crippen molar-refractivity contribution in [1.29, 1.82) is 0 Å². The van der Waals surface area contributed by atoms with Crippen LogP contribution in [0.1, 0.15) is 23.6 Å². The Kier molecular flexibility index (Phi) is 6.47. The fraction of sp³-hybridized carbons (Fsp3) is 0.364. The minimum absolute atomic E-state index is 0.0769. The molecule has 0 saturated carbocycles. The van der Waals surface area contributed by atoms with Crippen LogP contribution in [0, 0.1) is 0 Å². The van der Waals surface area contributed by atoms with Gasteiger partial charge in [-0.2, -0.15) is 0 Å². The lowest BCUT2D eigenvalue weighted by atomic mass is 10.00. The molecule has 0 radical (unpaired) electrons. The van der Waals surface area contributed by atoms with Gasteiger partial charge >= 0.3 is 0 Å². The van der Waals surface area contributed by atoms with E-state index in [1.807, 2.05) is 43.1 Å². The molecule has 1 aliphatic heterocycles. The third kappa shape index (κ3) is 5.09. The van der Waals surface area contributed by atoms with Gasteiger partial charge in [0.2, 0.25) is 5.91 Å². The van der Waals surface area contributed by atoms with Crippen LogP contribution in [-0.2, 0) is 24.3 Å². The number of guanidine groups is 1. The van der Waals surface area contributed by atoms with Crippen molar-refractivity contribution in [1.82, 2.24) is 15.1 Å². The number of amides is 1. The van der Waals surface area contributed by atoms with Crippen LogP contribution in [-0.4, -0.2) is 48.3 Å². The van der Waals surface area contributed by atoms with E-state index < -0.39 is 0 Å². The molecule has 1 N–H and O–H groups in total. The monoisotopic (exact) mass is 364 g/mol. The van der Waals surface area contributed by atoms with Crippen molar-refractivity contribution < 1.29 is 4.79 Å². The van der Waals surface area contributed by atoms with Crippen LogP contribution in [0.3, 0.4) is 0 Å². The van der Waals surface area contributed by atoms with Crippen molar-refractivity contribution in [2.24, 2.45) is 4.99 Å². The van der Waals surface area contributed by atoms with E-state index in [1.54, 1.807) is 0 Å². The molecule has 3 rings (SSSR count). The first-order chi connectivity index (χ1) is 13.2. The molecule has 5 nitrogen and oxygen atoms in total. The molecule has 0 spiro atoms. The van der Waals surface area contributed by atoms with Crippen molar-refractivity contribution in [3.8, 4) is 0 Å². The van der Waals surface area contributed by atoms with Crippen LogP contribution in [0.5, 0.6) is 0 Å². The van der Waals surface area contributed by atoms with Crippen molar-refractivity contribution in [2.75, 3.05) is 26.7 Å². The molecule has 2 aromatic carbocycles. The van der Waals surface area contributed by atoms with Gasteiger partial charge in [0.1, 0.15) is 6.54 Å². The predicted molar refractivity (Wildman–Crippen MR) is 109 cm³/mol. The first-order valence-electron chi connectivity index (χ1n) is 9.55. The minimum atomic E-state index is 0.0769. The summed E-state index contributed by atoms with van der Waals surface area (Å²) in [5, 5.41) is 3.28. The summed E-state index contributed by atoms with van der Waals surface area (Å²) in [6, 6.07) is 18.6. The minimum Gasteiger partial charge on any atom is -0.357 e. The summed E-state index contributed by atoms with van der Waals surface area (Å²) in [4.78, 5) is 21.2. The quantitative estimate of drug-likeness (QED) is 0.655. The molecule has 0 atom stereocenters. The first kappa shape index (κ1) is 19.0. The molecule has 1 aliphatic rings. The van der Waals surface area contributed by atoms with Gasteiger partial charge in [0.05, 0.1) is 0 Å². The average Bonchev–Trinajstić information content (AvgIpc) is 2.71. The van der Waals surface area contributed by atoms with Gasteiger partial charge in [-0.05, 0) is 30.0 Å². The normalized spacial score (nSPS) is 13.9. The van der Waals surface area contributed by atoms with Gasteiger partial charge in [-0.15, -0.1) is 0 Å². The van der Waals surface area contributed by atoms with Crippen molar-refractivity contribution in [2.45, 2.75) is 26.4 Å². The largest absolute Gasteiger partial charge is 0.357 e. The molecule has 0 aromatic heterocycles. The first-order valence-corrected chi connectivity index (χ1v) is 9.55. The van der Waals surface area contributed by atoms with E-state index in [1.165, 1.54) is 16.7 Å². The fourth-order valence-corrected chi connectivity index (χ4v) is 3.35. The van der Waals surface area contributed by atoms with Crippen LogP contribution in [0.4, 0.5) is 0 Å². The highest BCUT2D eigenvalue weighted by Gasteiger charge is 2.20. The summed E-state index contributed by atoms with van der Waals surface area (Å²) in [6.07, 6.45) is 0.916. The van der Waals surface area contributed by atoms with E-state index >= 15 is 0 Å². The Bertz CT molecular complexity index is 788. The second-order valence-corrected chi connectivity index (χ2v) is 6.85. The van der Waals surface area contributed by atoms with E-state index in [0.29, 0.717) is 6.54 Å². The van der Waals surface area contributed by atoms with Crippen LogP contribution in [0.15, 0.2) is 59.6 Å². The molecule has 5 heteroatoms. The van der Waals surface area contributed by atoms with Crippen molar-refractivity contribution >= 4 is 11.9 Å². The van der Waals surface area contributed by atoms with Gasteiger partial charge in [-0.3, -0.25) is 4.79 Å². The molecule has 0 bridgehead atoms. The number of nitrogens with zero attached hydrogens (tertiary/aromatic N) is 3. The van der Waals surface area contributed by atoms with E-state index in [9.17, 15) is 4.79 Å². The fourth-order valence-electron chi connectivity index (χ4n) is 3.35. The van der Waals surface area contributed by atoms with Crippen LogP contribution in [0.25, 0.3) is 0 Å². The lowest BCUT2D eigenvalue weighted by Crippen LogP contribution is -2.41. The summed E-state index contributed by atoms with van der Waals surface area (Å²) in [5.41, 5.74) is 3.81. The Labute approximate surface area is 161 Å². The summed E-state index contributed by atoms with van der Waals surface area (Å²) in [7, 11) is 2.00. The van der Waals surface area contributed by atoms with E-state index in [0.717, 1.165) is 32.0 Å². The Hall–Kier alpha value is -2.82. The lowest BCUT2D eigenvalue weighted by molar-refractivity contribution is -0.130. The van der Waals surface area contributed by atoms with Crippen molar-refractivity contribution in [3.63, 3.8) is 0 Å². The van der Waals surface area contributed by atoms with Crippen LogP contribution in [0.2, 0.25) is 0 Å². The van der Waals surface area contributed by atoms with Crippen LogP contribution >= 0.6 is 0 Å². The number of fused-ring (bicyclic) bond motifs is 1. The third-order valence-corrected chi connectivity index (χ3v) is 4.81. The number of carbonyl (C=O) groups excluding carboxylic acids is 1. The number of hydrogen-bond acceptors (Lipinski definition) is 2. The maximum absolute atomic E-state index is 12.7. The zero-order valence-corrected chi connectivity index (χ0v) is 16.2. The standard InChI is InChI=1S/C22H28N4O/c1-3-23-22(25(2)16-18-9-5-4-6-10-18)24-15-21(27)26-14-13-19-11-7-8-12-20(19)17-26/h4-12H,3,13-17H2,1-2H3,(H,23,24). The SMILES string of the molecule is CCNC(=NCC(=O)N1CCc2ccccc2C1)N(C)Cc1ccccc1. The number of benzene rings is 2. The highest BCUT2D eigenvalue weighted by molar-refractivity contribution is 5.85. The summed E-state index contributed by atoms with van der Waals surface area (Å²) >= 11 is 0. The second-order valence-electron chi connectivity index (χ2n) is 6.85. The number of nitrogens with one attached hydrogen (secondary N) is 1. The average molecular weight is 364 g/mol. The Morgan fingerprint density at radius 1 is 1.11 bits per heavy atom. The number of hydrogen-bond donors (Lipinski definition) is 1. The Balaban J connectivity index is 1.61. The van der Waals surface area contributed by atoms with Crippen LogP contribution < -0.4 is 5.32 Å². The molecule has 0 saturated heterocycles. The van der Waals surface area contributed by atoms with Gasteiger partial charge in [-0.1, -0.05) is 54.6 Å². The second kappa shape index (κ2) is 9.21. The molecular formula is C22H28N4O. The molecular weight excluding hydrogens is 336 g/mol. The summed E-state index contributed by atoms with van der Waals surface area (Å²) in [5.74, 6) is 0.833. The highest BCUT2D eigenvalue weighted by atomic mass is 16.2. The summed E-state index contributed by atoms with van der Waals surface area (Å²) < 4.78 is 0. The molecule has 0 unspecified atom stereocenters. The van der Waals surface area contributed by atoms with Gasteiger partial charge in [0, 0.05) is 33.2 Å². The zero-order chi connectivity index (χ0) is 19.1. The number of rotatable bonds is 5. The molecule has 142 valence electrons. The Morgan fingerprint density at radius 2 is 1.81 bits per heavy atom. The molecule has 2 aromatic rings. The molecule has 0 fully saturated rings. The van der Waals surface area contributed by atoms with Gasteiger partial charge in [-0.25, -0.2) is 4.99 Å². The molecule has 1 amide bonds. The number of carbonyl (C=O) groups is 1. The maximum Gasteiger partial charge on any atom is 0.244 e. The topological polar surface area (TPSA) is 47.9 Å². The van der Waals surface area contributed by atoms with E-state index in [-0.39, 0.29) is 12.5 Å². The predicted octanol–water partition coefficient (Wildman–Crippen LogP) is 2.67. The van der Waals surface area contributed by atoms with Crippen molar-refractivity contribution in [3.05, 3.63) is 71.3 Å². The highest BCUT2D eigenvalue weighted by Crippen LogP contribution is 2.18. The lowest BCUT2D eigenvalue weighted by Gasteiger charge is -2.29. The van der Waals surface area contributed by atoms with Gasteiger partial charge < -0.3 is 15.1 Å². The Morgan fingerprint density at radius 3 is 2.56 bits per heavy atom. The zero-order valence-electron chi connectivity index (χ0n) is 16.2. The van der Waals surface area contributed by atoms with E-state index in [2.05, 4.69) is 45.5 Å². The molecule has 1 heterocycles. The number of aliphatic imine (C=N–C) groups is 1. The summed E-state index contributed by atoms with van der Waals surface area (Å²) in [6.45, 7) is 5.17. The van der Waals surface area contributed by atoms with E-state index in [4.69, 9.17) is 0 Å². The smallest absolute Gasteiger partial charge is 0.244 e. The molecule has 0 aliphatic carbocycles. The van der Waals surface area contributed by atoms with Gasteiger partial charge in [0.15, 0.2) is 5.96 Å².